The van der Waals surface area contributed by atoms with E-state index in [0.717, 1.165) is 22.4 Å². The summed E-state index contributed by atoms with van der Waals surface area (Å²) in [5.74, 6) is -0.686. The zero-order valence-electron chi connectivity index (χ0n) is 26.8. The van der Waals surface area contributed by atoms with Crippen LogP contribution in [0.15, 0.2) is 113 Å². The number of nitrogens with zero attached hydrogens (tertiary/aromatic N) is 4. The number of hydrogen-bond donors (Lipinski definition) is 0. The average Bonchev–Trinajstić information content (AvgIpc) is 3.64. The summed E-state index contributed by atoms with van der Waals surface area (Å²) in [6, 6.07) is 21.8. The van der Waals surface area contributed by atoms with Gasteiger partial charge in [0.2, 0.25) is 0 Å². The monoisotopic (exact) mass is 660 g/mol. The van der Waals surface area contributed by atoms with Crippen molar-refractivity contribution < 1.29 is 23.8 Å². The van der Waals surface area contributed by atoms with Crippen molar-refractivity contribution in [1.29, 1.82) is 0 Å². The Kier molecular flexibility index (Phi) is 9.04. The smallest absolute Gasteiger partial charge is 0.338 e. The second kappa shape index (κ2) is 13.5. The minimum absolute atomic E-state index is 0.0192. The third kappa shape index (κ3) is 6.27. The summed E-state index contributed by atoms with van der Waals surface area (Å²) < 4.78 is 20.0. The van der Waals surface area contributed by atoms with Crippen LogP contribution in [0.2, 0.25) is 0 Å². The number of rotatable bonds is 9. The van der Waals surface area contributed by atoms with E-state index in [1.807, 2.05) is 73.8 Å². The van der Waals surface area contributed by atoms with Crippen molar-refractivity contribution in [3.63, 3.8) is 0 Å². The van der Waals surface area contributed by atoms with Crippen molar-refractivity contribution in [2.75, 3.05) is 13.7 Å². The lowest BCUT2D eigenvalue weighted by Gasteiger charge is -2.25. The Bertz CT molecular complexity index is 2260. The molecule has 0 spiro atoms. The van der Waals surface area contributed by atoms with Crippen LogP contribution in [0.5, 0.6) is 11.5 Å². The molecule has 0 bridgehead atoms. The molecule has 1 aliphatic rings. The number of esters is 2. The van der Waals surface area contributed by atoms with Crippen molar-refractivity contribution in [3.05, 3.63) is 139 Å². The molecule has 48 heavy (non-hydrogen) atoms. The molecule has 0 aliphatic carbocycles. The molecule has 6 rings (SSSR count). The van der Waals surface area contributed by atoms with Gasteiger partial charge in [-0.05, 0) is 49.8 Å². The van der Waals surface area contributed by atoms with Gasteiger partial charge in [-0.2, -0.15) is 5.10 Å². The highest BCUT2D eigenvalue weighted by molar-refractivity contribution is 7.07. The first-order chi connectivity index (χ1) is 23.2. The molecule has 1 unspecified atom stereocenters. The van der Waals surface area contributed by atoms with E-state index < -0.39 is 18.0 Å². The third-order valence-corrected chi connectivity index (χ3v) is 8.69. The van der Waals surface area contributed by atoms with E-state index in [1.54, 1.807) is 29.8 Å². The lowest BCUT2D eigenvalue weighted by atomic mass is 9.95. The maximum Gasteiger partial charge on any atom is 0.338 e. The van der Waals surface area contributed by atoms with Crippen LogP contribution in [0.25, 0.3) is 23.0 Å². The Hall–Kier alpha value is -5.81. The van der Waals surface area contributed by atoms with Gasteiger partial charge in [0.15, 0.2) is 16.3 Å². The summed E-state index contributed by atoms with van der Waals surface area (Å²) in [5, 5.41) is 4.90. The fourth-order valence-electron chi connectivity index (χ4n) is 5.49. The number of thiazole rings is 1. The highest BCUT2D eigenvalue weighted by Crippen LogP contribution is 2.36. The van der Waals surface area contributed by atoms with Crippen LogP contribution in [0.1, 0.15) is 36.6 Å². The first kappa shape index (κ1) is 32.1. The molecule has 5 aromatic rings. The summed E-state index contributed by atoms with van der Waals surface area (Å²) in [5.41, 5.74) is 5.11. The van der Waals surface area contributed by atoms with Gasteiger partial charge in [0.05, 0.1) is 40.3 Å². The molecule has 242 valence electrons. The van der Waals surface area contributed by atoms with Crippen LogP contribution in [0, 0.1) is 6.92 Å². The van der Waals surface area contributed by atoms with E-state index in [9.17, 15) is 14.4 Å². The van der Waals surface area contributed by atoms with Gasteiger partial charge in [0.25, 0.3) is 5.56 Å². The molecule has 0 saturated heterocycles. The van der Waals surface area contributed by atoms with Crippen molar-refractivity contribution >= 4 is 29.4 Å². The van der Waals surface area contributed by atoms with Gasteiger partial charge in [-0.1, -0.05) is 78.1 Å². The fourth-order valence-corrected chi connectivity index (χ4v) is 6.52. The lowest BCUT2D eigenvalue weighted by Crippen LogP contribution is -2.40. The number of methoxy groups -OCH3 is 1. The number of ether oxygens (including phenoxy) is 3. The van der Waals surface area contributed by atoms with Crippen molar-refractivity contribution in [1.82, 2.24) is 14.3 Å². The van der Waals surface area contributed by atoms with Gasteiger partial charge in [0, 0.05) is 24.2 Å². The van der Waals surface area contributed by atoms with Crippen molar-refractivity contribution in [2.24, 2.45) is 4.99 Å². The minimum atomic E-state index is -0.912. The number of fused-ring (bicyclic) bond motifs is 1. The van der Waals surface area contributed by atoms with Gasteiger partial charge in [-0.15, -0.1) is 0 Å². The maximum absolute atomic E-state index is 14.4. The van der Waals surface area contributed by atoms with E-state index >= 15 is 0 Å². The molecule has 0 fully saturated rings. The first-order valence-corrected chi connectivity index (χ1v) is 15.9. The molecule has 0 radical (unpaired) electrons. The quantitative estimate of drug-likeness (QED) is 0.123. The van der Waals surface area contributed by atoms with Gasteiger partial charge in [-0.3, -0.25) is 14.2 Å². The summed E-state index contributed by atoms with van der Waals surface area (Å²) in [7, 11) is 1.44. The summed E-state index contributed by atoms with van der Waals surface area (Å²) in [6.45, 7) is 8.64. The molecule has 2 aromatic heterocycles. The van der Waals surface area contributed by atoms with E-state index in [1.165, 1.54) is 36.0 Å². The van der Waals surface area contributed by atoms with E-state index in [0.29, 0.717) is 26.3 Å². The SMILES string of the molecule is C=CCOC(=O)C1=C(C)N=c2sc(=Cc3cn(-c4ccccc4)nc3-c3ccc(C)cc3)c(=O)n2C1c1ccc(OC(C)=O)c(OC)c1. The van der Waals surface area contributed by atoms with Crippen LogP contribution >= 0.6 is 11.3 Å². The lowest BCUT2D eigenvalue weighted by molar-refractivity contribution is -0.138. The fraction of sp³-hybridized carbons (Fsp3) is 0.162. The number of aryl methyl sites for hydroxylation is 1. The third-order valence-electron chi connectivity index (χ3n) is 7.71. The van der Waals surface area contributed by atoms with Gasteiger partial charge in [-0.25, -0.2) is 14.5 Å². The Labute approximate surface area is 280 Å². The summed E-state index contributed by atoms with van der Waals surface area (Å²) in [4.78, 5) is 44.7. The normalized spacial score (nSPS) is 14.2. The van der Waals surface area contributed by atoms with Crippen LogP contribution in [0.3, 0.4) is 0 Å². The van der Waals surface area contributed by atoms with Crippen molar-refractivity contribution in [3.8, 4) is 28.4 Å². The van der Waals surface area contributed by atoms with Crippen LogP contribution in [-0.4, -0.2) is 40.0 Å². The Balaban J connectivity index is 1.55. The molecule has 11 heteroatoms. The van der Waals surface area contributed by atoms with Crippen molar-refractivity contribution in [2.45, 2.75) is 26.8 Å². The second-order valence-electron chi connectivity index (χ2n) is 11.1. The first-order valence-electron chi connectivity index (χ1n) is 15.1. The maximum atomic E-state index is 14.4. The molecule has 0 N–H and O–H groups in total. The van der Waals surface area contributed by atoms with E-state index in [4.69, 9.17) is 24.3 Å². The Morgan fingerprint density at radius 2 is 1.77 bits per heavy atom. The Morgan fingerprint density at radius 1 is 1.02 bits per heavy atom. The zero-order valence-corrected chi connectivity index (χ0v) is 27.6. The molecule has 1 atom stereocenters. The number of hydrogen-bond acceptors (Lipinski definition) is 9. The summed E-state index contributed by atoms with van der Waals surface area (Å²) in [6.07, 6.45) is 5.17. The predicted octanol–water partition coefficient (Wildman–Crippen LogP) is 5.06. The molecule has 0 amide bonds. The number of allylic oxidation sites excluding steroid dienone is 1. The highest BCUT2D eigenvalue weighted by Gasteiger charge is 2.34. The second-order valence-corrected chi connectivity index (χ2v) is 12.1. The van der Waals surface area contributed by atoms with E-state index in [-0.39, 0.29) is 29.2 Å². The topological polar surface area (TPSA) is 114 Å². The number of benzene rings is 3. The molecule has 10 nitrogen and oxygen atoms in total. The minimum Gasteiger partial charge on any atom is -0.493 e. The Morgan fingerprint density at radius 3 is 2.46 bits per heavy atom. The van der Waals surface area contributed by atoms with Crippen LogP contribution in [-0.2, 0) is 14.3 Å². The predicted molar refractivity (Wildman–Crippen MR) is 183 cm³/mol. The van der Waals surface area contributed by atoms with Crippen LogP contribution in [0.4, 0.5) is 0 Å². The molecular weight excluding hydrogens is 628 g/mol. The number of carbonyl (C=O) groups excluding carboxylic acids is 2. The molecular formula is C37H32N4O6S. The van der Waals surface area contributed by atoms with E-state index in [2.05, 4.69) is 6.58 Å². The molecule has 0 saturated carbocycles. The largest absolute Gasteiger partial charge is 0.493 e. The standard InChI is InChI=1S/C37H32N4O6S/c1-6-18-46-36(44)32-23(3)38-37-41(34(32)26-16-17-29(47-24(4)42)30(19-26)45-5)35(43)31(48-37)20-27-21-40(28-10-8-7-9-11-28)39-33(27)25-14-12-22(2)13-15-25/h6-17,19-21,34H,1,18H2,2-5H3. The zero-order chi connectivity index (χ0) is 33.9. The van der Waals surface area contributed by atoms with Crippen LogP contribution < -0.4 is 24.4 Å². The number of aromatic nitrogens is 3. The highest BCUT2D eigenvalue weighted by atomic mass is 32.1. The summed E-state index contributed by atoms with van der Waals surface area (Å²) >= 11 is 1.21. The van der Waals surface area contributed by atoms with Gasteiger partial charge in [0.1, 0.15) is 6.61 Å². The molecule has 1 aliphatic heterocycles. The molecule has 3 aromatic carbocycles. The number of carbonyl (C=O) groups is 2. The van der Waals surface area contributed by atoms with Gasteiger partial charge < -0.3 is 14.2 Å². The average molecular weight is 661 g/mol. The number of para-hydroxylation sites is 1. The van der Waals surface area contributed by atoms with Gasteiger partial charge >= 0.3 is 11.9 Å². The molecule has 3 heterocycles.